The Balaban J connectivity index is 1.65. The van der Waals surface area contributed by atoms with E-state index in [2.05, 4.69) is 16.0 Å². The van der Waals surface area contributed by atoms with Gasteiger partial charge >= 0.3 is 0 Å². The number of carbonyl (C=O) groups is 1. The largest absolute Gasteiger partial charge is 0.390 e. The highest BCUT2D eigenvalue weighted by atomic mass is 35.5. The van der Waals surface area contributed by atoms with Crippen molar-refractivity contribution in [3.63, 3.8) is 0 Å². The number of amides is 1. The van der Waals surface area contributed by atoms with Crippen LogP contribution in [0.1, 0.15) is 10.4 Å². The van der Waals surface area contributed by atoms with Gasteiger partial charge in [-0.05, 0) is 48.5 Å². The Labute approximate surface area is 169 Å². The summed E-state index contributed by atoms with van der Waals surface area (Å²) in [4.78, 5) is 12.7. The monoisotopic (exact) mass is 395 g/mol. The standard InChI is InChI=1S/C22H22ClN3O2/c23-14-19(27)15-24-21-9-5-4-8-20(21)22(28)26-18-12-10-17(11-13-18)25-16-6-2-1-3-7-16/h1-13,19,24-25,27H,14-15H2,(H,26,28). The summed E-state index contributed by atoms with van der Waals surface area (Å²) in [6.07, 6.45) is -0.678. The number of hydrogen-bond donors (Lipinski definition) is 4. The number of nitrogens with one attached hydrogen (secondary N) is 3. The van der Waals surface area contributed by atoms with E-state index in [1.165, 1.54) is 0 Å². The third-order valence-corrected chi connectivity index (χ3v) is 4.44. The van der Waals surface area contributed by atoms with E-state index in [0.717, 1.165) is 11.4 Å². The molecule has 0 fully saturated rings. The van der Waals surface area contributed by atoms with Crippen LogP contribution < -0.4 is 16.0 Å². The second kappa shape index (κ2) is 9.78. The van der Waals surface area contributed by atoms with E-state index in [-0.39, 0.29) is 18.3 Å². The van der Waals surface area contributed by atoms with Crippen molar-refractivity contribution in [1.29, 1.82) is 0 Å². The first-order chi connectivity index (χ1) is 13.7. The van der Waals surface area contributed by atoms with Gasteiger partial charge in [0.25, 0.3) is 5.91 Å². The highest BCUT2D eigenvalue weighted by Gasteiger charge is 2.12. The van der Waals surface area contributed by atoms with Crippen LogP contribution in [0, 0.1) is 0 Å². The van der Waals surface area contributed by atoms with Crippen LogP contribution in [0.3, 0.4) is 0 Å². The maximum absolute atomic E-state index is 12.7. The van der Waals surface area contributed by atoms with Gasteiger partial charge in [-0.15, -0.1) is 11.6 Å². The lowest BCUT2D eigenvalue weighted by atomic mass is 10.1. The van der Waals surface area contributed by atoms with Crippen molar-refractivity contribution in [2.24, 2.45) is 0 Å². The molecule has 0 aromatic heterocycles. The van der Waals surface area contributed by atoms with E-state index in [1.807, 2.05) is 60.7 Å². The second-order valence-electron chi connectivity index (χ2n) is 6.26. The predicted octanol–water partition coefficient (Wildman–Crippen LogP) is 4.69. The Hall–Kier alpha value is -3.02. The minimum absolute atomic E-state index is 0.130. The molecular formula is C22H22ClN3O2. The minimum Gasteiger partial charge on any atom is -0.390 e. The molecule has 5 nitrogen and oxygen atoms in total. The van der Waals surface area contributed by atoms with Crippen molar-refractivity contribution in [3.8, 4) is 0 Å². The minimum atomic E-state index is -0.678. The Bertz CT molecular complexity index is 901. The van der Waals surface area contributed by atoms with Gasteiger partial charge in [0.15, 0.2) is 0 Å². The molecule has 144 valence electrons. The van der Waals surface area contributed by atoms with E-state index in [9.17, 15) is 9.90 Å². The molecule has 1 amide bonds. The van der Waals surface area contributed by atoms with Crippen LogP contribution in [-0.2, 0) is 0 Å². The van der Waals surface area contributed by atoms with Gasteiger partial charge in [-0.2, -0.15) is 0 Å². The summed E-state index contributed by atoms with van der Waals surface area (Å²) in [6, 6.07) is 24.5. The zero-order valence-electron chi connectivity index (χ0n) is 15.2. The molecule has 0 saturated carbocycles. The molecule has 0 bridgehead atoms. The van der Waals surface area contributed by atoms with Gasteiger partial charge in [-0.3, -0.25) is 4.79 Å². The average molecular weight is 396 g/mol. The van der Waals surface area contributed by atoms with Crippen molar-refractivity contribution in [2.75, 3.05) is 28.4 Å². The molecule has 0 aliphatic carbocycles. The lowest BCUT2D eigenvalue weighted by Gasteiger charge is -2.14. The molecule has 4 N–H and O–H groups in total. The molecule has 3 aromatic rings. The fourth-order valence-corrected chi connectivity index (χ4v) is 2.75. The Morgan fingerprint density at radius 1 is 0.857 bits per heavy atom. The quantitative estimate of drug-likeness (QED) is 0.417. The van der Waals surface area contributed by atoms with Crippen LogP contribution in [0.4, 0.5) is 22.7 Å². The number of hydrogen-bond acceptors (Lipinski definition) is 4. The van der Waals surface area contributed by atoms with Crippen molar-refractivity contribution in [2.45, 2.75) is 6.10 Å². The fraction of sp³-hybridized carbons (Fsp3) is 0.136. The number of anilines is 4. The highest BCUT2D eigenvalue weighted by molar-refractivity contribution is 6.18. The highest BCUT2D eigenvalue weighted by Crippen LogP contribution is 2.21. The third-order valence-electron chi connectivity index (χ3n) is 4.08. The van der Waals surface area contributed by atoms with Gasteiger partial charge in [0.05, 0.1) is 17.5 Å². The normalized spacial score (nSPS) is 11.5. The third kappa shape index (κ3) is 5.49. The van der Waals surface area contributed by atoms with Gasteiger partial charge < -0.3 is 21.1 Å². The van der Waals surface area contributed by atoms with Crippen molar-refractivity contribution >= 4 is 40.3 Å². The number of rotatable bonds is 8. The molecule has 0 saturated heterocycles. The molecule has 0 aliphatic rings. The Morgan fingerprint density at radius 2 is 1.46 bits per heavy atom. The number of aliphatic hydroxyl groups is 1. The van der Waals surface area contributed by atoms with E-state index >= 15 is 0 Å². The smallest absolute Gasteiger partial charge is 0.257 e. The van der Waals surface area contributed by atoms with E-state index < -0.39 is 6.10 Å². The molecular weight excluding hydrogens is 374 g/mol. The second-order valence-corrected chi connectivity index (χ2v) is 6.57. The number of aliphatic hydroxyl groups excluding tert-OH is 1. The van der Waals surface area contributed by atoms with E-state index in [1.54, 1.807) is 18.2 Å². The summed E-state index contributed by atoms with van der Waals surface area (Å²) in [5.74, 6) is -0.0997. The molecule has 0 aliphatic heterocycles. The molecule has 3 rings (SSSR count). The number of halogens is 1. The first-order valence-electron chi connectivity index (χ1n) is 8.96. The van der Waals surface area contributed by atoms with Crippen molar-refractivity contribution in [1.82, 2.24) is 0 Å². The maximum atomic E-state index is 12.7. The number of alkyl halides is 1. The number of carbonyl (C=O) groups excluding carboxylic acids is 1. The molecule has 3 aromatic carbocycles. The summed E-state index contributed by atoms with van der Waals surface area (Å²) in [5, 5.41) is 18.9. The Kier molecular flexibility index (Phi) is 6.89. The summed E-state index contributed by atoms with van der Waals surface area (Å²) in [5.41, 5.74) is 3.77. The molecule has 0 radical (unpaired) electrons. The predicted molar refractivity (Wildman–Crippen MR) is 116 cm³/mol. The summed E-state index contributed by atoms with van der Waals surface area (Å²) >= 11 is 5.62. The number of benzene rings is 3. The zero-order chi connectivity index (χ0) is 19.8. The first-order valence-corrected chi connectivity index (χ1v) is 9.49. The van der Waals surface area contributed by atoms with Gasteiger partial charge in [0, 0.05) is 29.3 Å². The van der Waals surface area contributed by atoms with Crippen LogP contribution in [0.2, 0.25) is 0 Å². The summed E-state index contributed by atoms with van der Waals surface area (Å²) < 4.78 is 0. The molecule has 6 heteroatoms. The lowest BCUT2D eigenvalue weighted by Crippen LogP contribution is -2.22. The average Bonchev–Trinajstić information content (AvgIpc) is 2.74. The maximum Gasteiger partial charge on any atom is 0.257 e. The van der Waals surface area contributed by atoms with E-state index in [4.69, 9.17) is 11.6 Å². The molecule has 1 atom stereocenters. The number of para-hydroxylation sites is 2. The van der Waals surface area contributed by atoms with Crippen molar-refractivity contribution in [3.05, 3.63) is 84.4 Å². The molecule has 0 spiro atoms. The van der Waals surface area contributed by atoms with Crippen LogP contribution in [0.15, 0.2) is 78.9 Å². The fourth-order valence-electron chi connectivity index (χ4n) is 2.64. The van der Waals surface area contributed by atoms with Crippen LogP contribution in [-0.4, -0.2) is 29.5 Å². The van der Waals surface area contributed by atoms with Crippen LogP contribution in [0.5, 0.6) is 0 Å². The molecule has 28 heavy (non-hydrogen) atoms. The van der Waals surface area contributed by atoms with Gasteiger partial charge in [-0.25, -0.2) is 0 Å². The van der Waals surface area contributed by atoms with Gasteiger partial charge in [-0.1, -0.05) is 30.3 Å². The van der Waals surface area contributed by atoms with Gasteiger partial charge in [0.1, 0.15) is 0 Å². The SMILES string of the molecule is O=C(Nc1ccc(Nc2ccccc2)cc1)c1ccccc1NCC(O)CCl. The van der Waals surface area contributed by atoms with Gasteiger partial charge in [0.2, 0.25) is 0 Å². The lowest BCUT2D eigenvalue weighted by molar-refractivity contribution is 0.102. The summed E-state index contributed by atoms with van der Waals surface area (Å²) in [6.45, 7) is 0.271. The van der Waals surface area contributed by atoms with Crippen LogP contribution >= 0.6 is 11.6 Å². The van der Waals surface area contributed by atoms with E-state index in [0.29, 0.717) is 16.9 Å². The Morgan fingerprint density at radius 3 is 2.18 bits per heavy atom. The summed E-state index contributed by atoms with van der Waals surface area (Å²) in [7, 11) is 0. The van der Waals surface area contributed by atoms with Crippen LogP contribution in [0.25, 0.3) is 0 Å². The molecule has 1 unspecified atom stereocenters. The van der Waals surface area contributed by atoms with Crippen molar-refractivity contribution < 1.29 is 9.90 Å². The molecule has 0 heterocycles. The topological polar surface area (TPSA) is 73.4 Å². The first kappa shape index (κ1) is 19.7. The zero-order valence-corrected chi connectivity index (χ0v) is 16.0.